The maximum absolute atomic E-state index is 5.90. The second-order valence-electron chi connectivity index (χ2n) is 6.77. The number of hydrogen-bond acceptors (Lipinski definition) is 5. The first kappa shape index (κ1) is 22.1. The van der Waals surface area contributed by atoms with Crippen LogP contribution in [0.15, 0.2) is 30.3 Å². The molecule has 1 aromatic rings. The van der Waals surface area contributed by atoms with Gasteiger partial charge in [0, 0.05) is 6.54 Å². The molecule has 0 radical (unpaired) electrons. The van der Waals surface area contributed by atoms with Crippen molar-refractivity contribution in [2.75, 3.05) is 62.3 Å². The molecule has 1 saturated heterocycles. The van der Waals surface area contributed by atoms with Crippen molar-refractivity contribution in [2.45, 2.75) is 32.3 Å². The molecule has 0 spiro atoms. The Bertz CT molecular complexity index is 417. The van der Waals surface area contributed by atoms with Gasteiger partial charge in [0.25, 0.3) is 0 Å². The Labute approximate surface area is 169 Å². The minimum absolute atomic E-state index is 0.731. The molecule has 26 heavy (non-hydrogen) atoms. The normalized spacial score (nSPS) is 20.0. The first-order valence-electron chi connectivity index (χ1n) is 10.2. The van der Waals surface area contributed by atoms with Crippen molar-refractivity contribution in [1.82, 2.24) is 10.2 Å². The van der Waals surface area contributed by atoms with E-state index in [0.29, 0.717) is 0 Å². The van der Waals surface area contributed by atoms with Gasteiger partial charge in [-0.1, -0.05) is 30.3 Å². The molecule has 0 aliphatic carbocycles. The average Bonchev–Trinajstić information content (AvgIpc) is 2.67. The monoisotopic (exact) mass is 396 g/mol. The molecule has 1 aliphatic heterocycles. The summed E-state index contributed by atoms with van der Waals surface area (Å²) in [5.41, 5.74) is 1.27. The summed E-state index contributed by atoms with van der Waals surface area (Å²) in [5, 5.41) is 3.57. The van der Waals surface area contributed by atoms with Crippen LogP contribution in [0.1, 0.15) is 31.2 Å². The van der Waals surface area contributed by atoms with Crippen molar-refractivity contribution in [2.24, 2.45) is 0 Å². The van der Waals surface area contributed by atoms with E-state index in [9.17, 15) is 0 Å². The van der Waals surface area contributed by atoms with E-state index in [1.807, 2.05) is 0 Å². The molecule has 0 aromatic heterocycles. The number of hydrogen-bond donors (Lipinski definition) is 1. The van der Waals surface area contributed by atoms with Crippen molar-refractivity contribution >= 4 is 23.5 Å². The summed E-state index contributed by atoms with van der Waals surface area (Å²) in [7, 11) is 0. The molecule has 148 valence electrons. The highest BCUT2D eigenvalue weighted by atomic mass is 32.2. The third kappa shape index (κ3) is 11.5. The van der Waals surface area contributed by atoms with E-state index in [4.69, 9.17) is 4.74 Å². The van der Waals surface area contributed by atoms with Crippen molar-refractivity contribution in [3.8, 4) is 0 Å². The Morgan fingerprint density at radius 2 is 1.46 bits per heavy atom. The van der Waals surface area contributed by atoms with E-state index >= 15 is 0 Å². The molecule has 0 atom stereocenters. The van der Waals surface area contributed by atoms with Crippen LogP contribution in [0, 0.1) is 0 Å². The van der Waals surface area contributed by atoms with E-state index in [-0.39, 0.29) is 0 Å². The van der Waals surface area contributed by atoms with Gasteiger partial charge >= 0.3 is 0 Å². The number of thioether (sulfide) groups is 2. The summed E-state index contributed by atoms with van der Waals surface area (Å²) in [6.45, 7) is 7.42. The molecule has 1 fully saturated rings. The number of ether oxygens (including phenoxy) is 1. The Balaban J connectivity index is 1.63. The van der Waals surface area contributed by atoms with E-state index in [1.54, 1.807) is 0 Å². The minimum atomic E-state index is 0.731. The van der Waals surface area contributed by atoms with Crippen LogP contribution in [-0.4, -0.2) is 67.2 Å². The molecule has 1 N–H and O–H groups in total. The van der Waals surface area contributed by atoms with E-state index in [1.165, 1.54) is 80.4 Å². The molecule has 1 heterocycles. The predicted octanol–water partition coefficient (Wildman–Crippen LogP) is 4.14. The highest BCUT2D eigenvalue weighted by Crippen LogP contribution is 2.09. The van der Waals surface area contributed by atoms with Crippen LogP contribution in [0.5, 0.6) is 0 Å². The minimum Gasteiger partial charge on any atom is -0.375 e. The zero-order valence-electron chi connectivity index (χ0n) is 16.2. The number of nitrogens with zero attached hydrogens (tertiary/aromatic N) is 1. The first-order valence-corrected chi connectivity index (χ1v) is 12.5. The lowest BCUT2D eigenvalue weighted by Crippen LogP contribution is -2.30. The predicted molar refractivity (Wildman–Crippen MR) is 119 cm³/mol. The van der Waals surface area contributed by atoms with Crippen molar-refractivity contribution in [3.05, 3.63) is 35.9 Å². The molecular formula is C21H36N2OS2. The third-order valence-corrected chi connectivity index (χ3v) is 6.78. The zero-order chi connectivity index (χ0) is 18.1. The maximum atomic E-state index is 5.90. The van der Waals surface area contributed by atoms with Crippen LogP contribution in [0.4, 0.5) is 0 Å². The first-order chi connectivity index (χ1) is 12.9. The fourth-order valence-corrected chi connectivity index (χ4v) is 4.77. The number of nitrogens with one attached hydrogen (secondary N) is 1. The largest absolute Gasteiger partial charge is 0.375 e. The molecule has 5 heteroatoms. The Kier molecular flexibility index (Phi) is 13.4. The molecule has 2 rings (SSSR count). The van der Waals surface area contributed by atoms with Gasteiger partial charge in [-0.15, -0.1) is 0 Å². The van der Waals surface area contributed by atoms with Gasteiger partial charge in [-0.25, -0.2) is 0 Å². The second-order valence-corrected chi connectivity index (χ2v) is 9.22. The van der Waals surface area contributed by atoms with Gasteiger partial charge < -0.3 is 15.0 Å². The molecule has 1 aromatic carbocycles. The van der Waals surface area contributed by atoms with Crippen molar-refractivity contribution in [3.63, 3.8) is 0 Å². The Morgan fingerprint density at radius 1 is 0.846 bits per heavy atom. The van der Waals surface area contributed by atoms with Gasteiger partial charge in [-0.05, 0) is 80.4 Å². The average molecular weight is 397 g/mol. The van der Waals surface area contributed by atoms with Crippen LogP contribution in [0.3, 0.4) is 0 Å². The van der Waals surface area contributed by atoms with Crippen LogP contribution < -0.4 is 5.32 Å². The molecule has 0 amide bonds. The summed E-state index contributed by atoms with van der Waals surface area (Å²) in [6.07, 6.45) is 5.19. The SMILES string of the molecule is c1ccc(COCCN2CCCSCCCNCCCSCCC2)cc1. The van der Waals surface area contributed by atoms with Crippen LogP contribution in [0.25, 0.3) is 0 Å². The Morgan fingerprint density at radius 3 is 2.12 bits per heavy atom. The highest BCUT2D eigenvalue weighted by Gasteiger charge is 2.06. The quantitative estimate of drug-likeness (QED) is 0.754. The van der Waals surface area contributed by atoms with Crippen LogP contribution in [-0.2, 0) is 11.3 Å². The molecule has 1 aliphatic rings. The summed E-state index contributed by atoms with van der Waals surface area (Å²) < 4.78 is 5.90. The third-order valence-electron chi connectivity index (χ3n) is 4.47. The lowest BCUT2D eigenvalue weighted by Gasteiger charge is -2.22. The Hall–Kier alpha value is -0.200. The van der Waals surface area contributed by atoms with Gasteiger partial charge in [-0.3, -0.25) is 0 Å². The molecule has 0 unspecified atom stereocenters. The molecule has 3 nitrogen and oxygen atoms in total. The lowest BCUT2D eigenvalue weighted by molar-refractivity contribution is 0.0926. The van der Waals surface area contributed by atoms with Gasteiger partial charge in [0.1, 0.15) is 0 Å². The van der Waals surface area contributed by atoms with Gasteiger partial charge in [0.2, 0.25) is 0 Å². The van der Waals surface area contributed by atoms with Gasteiger partial charge in [-0.2, -0.15) is 23.5 Å². The van der Waals surface area contributed by atoms with Crippen LogP contribution in [0.2, 0.25) is 0 Å². The summed E-state index contributed by atoms with van der Waals surface area (Å²) >= 11 is 4.23. The zero-order valence-corrected chi connectivity index (χ0v) is 17.8. The molecule has 0 saturated carbocycles. The molecule has 0 bridgehead atoms. The maximum Gasteiger partial charge on any atom is 0.0717 e. The highest BCUT2D eigenvalue weighted by molar-refractivity contribution is 7.99. The van der Waals surface area contributed by atoms with Gasteiger partial charge in [0.05, 0.1) is 13.2 Å². The smallest absolute Gasteiger partial charge is 0.0717 e. The van der Waals surface area contributed by atoms with E-state index in [0.717, 1.165) is 19.8 Å². The standard InChI is InChI=1S/C21H36N2OS2/c1-2-8-21(9-3-1)20-24-15-14-23-12-6-18-25-16-4-10-22-11-5-17-26-19-7-13-23/h1-3,8-9,22H,4-7,10-20H2. The fourth-order valence-electron chi connectivity index (χ4n) is 3.00. The summed E-state index contributed by atoms with van der Waals surface area (Å²) in [4.78, 5) is 2.61. The fraction of sp³-hybridized carbons (Fsp3) is 0.714. The molecular weight excluding hydrogens is 360 g/mol. The van der Waals surface area contributed by atoms with Crippen LogP contribution >= 0.6 is 23.5 Å². The van der Waals surface area contributed by atoms with Crippen molar-refractivity contribution in [1.29, 1.82) is 0 Å². The van der Waals surface area contributed by atoms with Gasteiger partial charge in [0.15, 0.2) is 0 Å². The van der Waals surface area contributed by atoms with Crippen molar-refractivity contribution < 1.29 is 4.74 Å². The van der Waals surface area contributed by atoms with E-state index in [2.05, 4.69) is 64.1 Å². The van der Waals surface area contributed by atoms with E-state index < -0.39 is 0 Å². The number of benzene rings is 1. The summed E-state index contributed by atoms with van der Waals surface area (Å²) in [5.74, 6) is 5.16. The topological polar surface area (TPSA) is 24.5 Å². The number of rotatable bonds is 5. The lowest BCUT2D eigenvalue weighted by atomic mass is 10.2. The second kappa shape index (κ2) is 15.8. The summed E-state index contributed by atoms with van der Waals surface area (Å²) in [6, 6.07) is 10.5.